The predicted octanol–water partition coefficient (Wildman–Crippen LogP) is 3.82. The number of ether oxygens (including phenoxy) is 2. The fourth-order valence-electron chi connectivity index (χ4n) is 5.37. The minimum atomic E-state index is -0.563. The zero-order valence-electron chi connectivity index (χ0n) is 19.8. The smallest absolute Gasteiger partial charge is 0.311 e. The van der Waals surface area contributed by atoms with E-state index in [0.29, 0.717) is 34.6 Å². The van der Waals surface area contributed by atoms with Crippen molar-refractivity contribution in [2.75, 3.05) is 20.3 Å². The number of hydrogen-bond donors (Lipinski definition) is 2. The lowest BCUT2D eigenvalue weighted by molar-refractivity contribution is -0.145. The van der Waals surface area contributed by atoms with Gasteiger partial charge in [-0.15, -0.1) is 0 Å². The van der Waals surface area contributed by atoms with Crippen molar-refractivity contribution >= 4 is 22.9 Å². The van der Waals surface area contributed by atoms with Gasteiger partial charge in [-0.05, 0) is 36.8 Å². The van der Waals surface area contributed by atoms with Gasteiger partial charge in [-0.25, -0.2) is 9.37 Å². The lowest BCUT2D eigenvalue weighted by atomic mass is 9.88. The third-order valence-corrected chi connectivity index (χ3v) is 7.30. The number of fused-ring (bicyclic) bond motifs is 1. The van der Waals surface area contributed by atoms with Crippen molar-refractivity contribution in [3.8, 4) is 0 Å². The number of hydrogen-bond acceptors (Lipinski definition) is 7. The second kappa shape index (κ2) is 9.77. The van der Waals surface area contributed by atoms with Gasteiger partial charge in [0.05, 0.1) is 43.5 Å². The van der Waals surface area contributed by atoms with Crippen LogP contribution in [0.5, 0.6) is 0 Å². The third kappa shape index (κ3) is 4.31. The third-order valence-electron chi connectivity index (χ3n) is 7.30. The van der Waals surface area contributed by atoms with Crippen LogP contribution in [-0.2, 0) is 20.7 Å². The summed E-state index contributed by atoms with van der Waals surface area (Å²) in [7, 11) is 1.32. The van der Waals surface area contributed by atoms with Crippen LogP contribution in [-0.4, -0.2) is 47.3 Å². The molecule has 2 N–H and O–H groups in total. The number of aryl methyl sites for hydroxylation is 1. The molecule has 186 valence electrons. The van der Waals surface area contributed by atoms with Crippen molar-refractivity contribution in [3.05, 3.63) is 46.9 Å². The number of nitrogens with zero attached hydrogens (tertiary/aromatic N) is 2. The van der Waals surface area contributed by atoms with Gasteiger partial charge in [0.15, 0.2) is 5.82 Å². The summed E-state index contributed by atoms with van der Waals surface area (Å²) in [5, 5.41) is 7.00. The van der Waals surface area contributed by atoms with E-state index in [0.717, 1.165) is 25.7 Å². The first-order valence-corrected chi connectivity index (χ1v) is 12.1. The molecule has 10 heteroatoms. The SMILES string of the molecule is CCc1nocc1C(=O)N[C@H](c1nc2c(F)c([C@H]3COC[C@H]3C(=O)OC)ccc2[nH]1)C1CCCC1. The number of H-pyrrole nitrogens is 1. The van der Waals surface area contributed by atoms with E-state index in [1.54, 1.807) is 12.1 Å². The van der Waals surface area contributed by atoms with Crippen LogP contribution < -0.4 is 5.32 Å². The number of amides is 1. The quantitative estimate of drug-likeness (QED) is 0.489. The number of aromatic nitrogens is 3. The van der Waals surface area contributed by atoms with Crippen molar-refractivity contribution in [1.82, 2.24) is 20.4 Å². The van der Waals surface area contributed by atoms with Gasteiger partial charge in [-0.3, -0.25) is 9.59 Å². The summed E-state index contributed by atoms with van der Waals surface area (Å²) in [4.78, 5) is 33.1. The number of nitrogens with one attached hydrogen (secondary N) is 2. The summed E-state index contributed by atoms with van der Waals surface area (Å²) >= 11 is 0. The number of carbonyl (C=O) groups excluding carboxylic acids is 2. The molecule has 0 bridgehead atoms. The van der Waals surface area contributed by atoms with Gasteiger partial charge in [-0.2, -0.15) is 0 Å². The fourth-order valence-corrected chi connectivity index (χ4v) is 5.37. The van der Waals surface area contributed by atoms with E-state index < -0.39 is 29.7 Å². The summed E-state index contributed by atoms with van der Waals surface area (Å²) in [5.74, 6) is -1.51. The molecule has 1 saturated heterocycles. The summed E-state index contributed by atoms with van der Waals surface area (Å²) in [6.45, 7) is 2.33. The normalized spacial score (nSPS) is 21.5. The Bertz CT molecular complexity index is 1230. The first kappa shape index (κ1) is 23.5. The van der Waals surface area contributed by atoms with E-state index in [1.807, 2.05) is 6.92 Å². The lowest BCUT2D eigenvalue weighted by Gasteiger charge is -2.22. The molecule has 35 heavy (non-hydrogen) atoms. The molecule has 3 heterocycles. The van der Waals surface area contributed by atoms with Crippen LogP contribution in [0.15, 0.2) is 22.9 Å². The van der Waals surface area contributed by atoms with Crippen LogP contribution in [0.1, 0.15) is 72.0 Å². The molecule has 1 amide bonds. The van der Waals surface area contributed by atoms with Gasteiger partial charge in [0.2, 0.25) is 0 Å². The molecule has 9 nitrogen and oxygen atoms in total. The monoisotopic (exact) mass is 484 g/mol. The first-order chi connectivity index (χ1) is 17.0. The summed E-state index contributed by atoms with van der Waals surface area (Å²) in [6.07, 6.45) is 5.95. The Morgan fingerprint density at radius 2 is 2.09 bits per heavy atom. The second-order valence-electron chi connectivity index (χ2n) is 9.28. The zero-order valence-corrected chi connectivity index (χ0v) is 19.8. The number of benzene rings is 1. The van der Waals surface area contributed by atoms with Gasteiger partial charge in [0.25, 0.3) is 5.91 Å². The van der Waals surface area contributed by atoms with Crippen molar-refractivity contribution in [1.29, 1.82) is 0 Å². The van der Waals surface area contributed by atoms with Gasteiger partial charge >= 0.3 is 5.97 Å². The van der Waals surface area contributed by atoms with Crippen LogP contribution in [0.2, 0.25) is 0 Å². The maximum absolute atomic E-state index is 15.7. The van der Waals surface area contributed by atoms with E-state index >= 15 is 4.39 Å². The fraction of sp³-hybridized carbons (Fsp3) is 0.520. The van der Waals surface area contributed by atoms with Crippen LogP contribution in [0.3, 0.4) is 0 Å². The Morgan fingerprint density at radius 3 is 2.83 bits per heavy atom. The van der Waals surface area contributed by atoms with Crippen molar-refractivity contribution < 1.29 is 28.0 Å². The lowest BCUT2D eigenvalue weighted by Crippen LogP contribution is -2.33. The Balaban J connectivity index is 1.48. The number of halogens is 1. The van der Waals surface area contributed by atoms with E-state index in [4.69, 9.17) is 14.0 Å². The molecule has 0 radical (unpaired) electrons. The zero-order chi connectivity index (χ0) is 24.5. The number of imidazole rings is 1. The second-order valence-corrected chi connectivity index (χ2v) is 9.28. The highest BCUT2D eigenvalue weighted by Crippen LogP contribution is 2.38. The molecule has 1 aliphatic heterocycles. The number of methoxy groups -OCH3 is 1. The molecule has 2 aromatic heterocycles. The molecule has 0 spiro atoms. The molecule has 1 aliphatic carbocycles. The predicted molar refractivity (Wildman–Crippen MR) is 123 cm³/mol. The van der Waals surface area contributed by atoms with Crippen LogP contribution in [0.4, 0.5) is 4.39 Å². The Morgan fingerprint density at radius 1 is 1.29 bits per heavy atom. The van der Waals surface area contributed by atoms with Crippen molar-refractivity contribution in [2.45, 2.75) is 51.0 Å². The highest BCUT2D eigenvalue weighted by atomic mass is 19.1. The molecule has 1 saturated carbocycles. The Kier molecular flexibility index (Phi) is 6.55. The van der Waals surface area contributed by atoms with Crippen LogP contribution in [0.25, 0.3) is 11.0 Å². The molecular formula is C25H29FN4O5. The van der Waals surface area contributed by atoms with Crippen LogP contribution in [0, 0.1) is 17.7 Å². The van der Waals surface area contributed by atoms with E-state index in [-0.39, 0.29) is 30.6 Å². The maximum atomic E-state index is 15.7. The first-order valence-electron chi connectivity index (χ1n) is 12.1. The maximum Gasteiger partial charge on any atom is 0.311 e. The largest absolute Gasteiger partial charge is 0.469 e. The van der Waals surface area contributed by atoms with Crippen molar-refractivity contribution in [2.24, 2.45) is 11.8 Å². The Labute approximate surface area is 201 Å². The highest BCUT2D eigenvalue weighted by Gasteiger charge is 2.38. The van der Waals surface area contributed by atoms with Crippen molar-refractivity contribution in [3.63, 3.8) is 0 Å². The summed E-state index contributed by atoms with van der Waals surface area (Å²) in [5.41, 5.74) is 2.08. The minimum Gasteiger partial charge on any atom is -0.469 e. The van der Waals surface area contributed by atoms with Crippen LogP contribution >= 0.6 is 0 Å². The average Bonchev–Trinajstić information content (AvgIpc) is 3.68. The molecular weight excluding hydrogens is 455 g/mol. The number of rotatable bonds is 7. The van der Waals surface area contributed by atoms with Gasteiger partial charge in [-0.1, -0.05) is 31.0 Å². The number of carbonyl (C=O) groups is 2. The van der Waals surface area contributed by atoms with E-state index in [2.05, 4.69) is 20.4 Å². The van der Waals surface area contributed by atoms with E-state index in [1.165, 1.54) is 13.4 Å². The minimum absolute atomic E-state index is 0.180. The molecule has 1 aromatic carbocycles. The number of esters is 1. The van der Waals surface area contributed by atoms with Gasteiger partial charge in [0, 0.05) is 5.92 Å². The molecule has 2 aliphatic rings. The van der Waals surface area contributed by atoms with E-state index in [9.17, 15) is 9.59 Å². The van der Waals surface area contributed by atoms with Gasteiger partial charge < -0.3 is 24.3 Å². The number of aromatic amines is 1. The molecule has 2 fully saturated rings. The Hall–Kier alpha value is -3.27. The summed E-state index contributed by atoms with van der Waals surface area (Å²) < 4.78 is 31.0. The molecule has 0 unspecified atom stereocenters. The summed E-state index contributed by atoms with van der Waals surface area (Å²) in [6, 6.07) is 3.03. The topological polar surface area (TPSA) is 119 Å². The molecule has 5 rings (SSSR count). The molecule has 3 atom stereocenters. The highest BCUT2D eigenvalue weighted by molar-refractivity contribution is 5.95. The molecule has 3 aromatic rings. The van der Waals surface area contributed by atoms with Gasteiger partial charge in [0.1, 0.15) is 23.2 Å². The standard InChI is InChI=1S/C25H29FN4O5/c1-3-18-17(12-35-30-18)24(31)29-21(13-6-4-5-7-13)23-27-19-9-8-14(20(26)22(19)28-23)15-10-34-11-16(15)25(32)33-2/h8-9,12-13,15-16,21H,3-7,10-11H2,1-2H3,(H,27,28)(H,29,31)/t15-,16-,21+/m1/s1. The average molecular weight is 485 g/mol.